The molecule has 0 aromatic heterocycles. The van der Waals surface area contributed by atoms with E-state index in [1.807, 2.05) is 0 Å². The molecule has 1 aliphatic heterocycles. The van der Waals surface area contributed by atoms with Crippen molar-refractivity contribution >= 4 is 28.3 Å². The number of halogens is 1. The van der Waals surface area contributed by atoms with Crippen LogP contribution in [-0.4, -0.2) is 12.6 Å². The molecule has 1 heterocycles. The van der Waals surface area contributed by atoms with E-state index in [4.69, 9.17) is 0 Å². The van der Waals surface area contributed by atoms with Gasteiger partial charge in [0.25, 0.3) is 0 Å². The van der Waals surface area contributed by atoms with E-state index in [-0.39, 0.29) is 0 Å². The lowest BCUT2D eigenvalue weighted by Gasteiger charge is -2.37. The highest BCUT2D eigenvalue weighted by atomic mass is 127. The van der Waals surface area contributed by atoms with E-state index in [2.05, 4.69) is 64.4 Å². The smallest absolute Gasteiger partial charge is 0.0593 e. The summed E-state index contributed by atoms with van der Waals surface area (Å²) in [7, 11) is 0. The molecule has 0 amide bonds. The summed E-state index contributed by atoms with van der Waals surface area (Å²) in [6.45, 7) is 5.26. The first-order valence-electron chi connectivity index (χ1n) is 5.45. The lowest BCUT2D eigenvalue weighted by atomic mass is 10.0. The van der Waals surface area contributed by atoms with Crippen LogP contribution in [0.2, 0.25) is 0 Å². The summed E-state index contributed by atoms with van der Waals surface area (Å²) < 4.78 is 1.26. The summed E-state index contributed by atoms with van der Waals surface area (Å²) >= 11 is 2.37. The lowest BCUT2D eigenvalue weighted by Crippen LogP contribution is -2.39. The number of piperidine rings is 1. The monoisotopic (exact) mass is 313 g/mol. The Bertz CT molecular complexity index is 334. The third-order valence-electron chi connectivity index (χ3n) is 2.95. The van der Waals surface area contributed by atoms with Crippen molar-refractivity contribution in [2.75, 3.05) is 11.4 Å². The maximum atomic E-state index is 4.10. The molecule has 1 unspecified atom stereocenters. The molecular formula is C13H16IN. The largest absolute Gasteiger partial charge is 0.364 e. The zero-order valence-corrected chi connectivity index (χ0v) is 11.0. The molecule has 0 radical (unpaired) electrons. The molecule has 1 aromatic carbocycles. The Labute approximate surface area is 105 Å². The number of nitrogens with zero attached hydrogens (tertiary/aromatic N) is 1. The highest BCUT2D eigenvalue weighted by Crippen LogP contribution is 2.30. The predicted molar refractivity (Wildman–Crippen MR) is 74.6 cm³/mol. The molecule has 2 rings (SSSR count). The summed E-state index contributed by atoms with van der Waals surface area (Å²) in [5.74, 6) is 0. The van der Waals surface area contributed by atoms with Crippen molar-refractivity contribution < 1.29 is 0 Å². The first kappa shape index (κ1) is 11.0. The fourth-order valence-electron chi connectivity index (χ4n) is 2.19. The molecule has 1 aliphatic rings. The third kappa shape index (κ3) is 2.54. The molecule has 1 aromatic rings. The van der Waals surface area contributed by atoms with Gasteiger partial charge in [-0.1, -0.05) is 24.8 Å². The topological polar surface area (TPSA) is 3.24 Å². The Morgan fingerprint density at radius 1 is 1.27 bits per heavy atom. The van der Waals surface area contributed by atoms with E-state index in [1.165, 1.54) is 28.5 Å². The Balaban J connectivity index is 2.22. The second-order valence-electron chi connectivity index (χ2n) is 3.99. The molecule has 1 atom stereocenters. The molecule has 0 bridgehead atoms. The standard InChI is InChI=1S/C13H16IN/c1-11(14)13-9-5-6-10-15(13)12-7-3-2-4-8-12/h2-4,7-8,13H,1,5-6,9-10H2. The zero-order valence-electron chi connectivity index (χ0n) is 8.82. The second-order valence-corrected chi connectivity index (χ2v) is 5.37. The van der Waals surface area contributed by atoms with Crippen LogP contribution in [0.4, 0.5) is 5.69 Å². The van der Waals surface area contributed by atoms with Gasteiger partial charge in [-0.2, -0.15) is 0 Å². The molecule has 15 heavy (non-hydrogen) atoms. The highest BCUT2D eigenvalue weighted by Gasteiger charge is 2.23. The number of hydrogen-bond donors (Lipinski definition) is 0. The van der Waals surface area contributed by atoms with Crippen LogP contribution in [0, 0.1) is 0 Å². The Morgan fingerprint density at radius 3 is 2.67 bits per heavy atom. The molecule has 0 spiro atoms. The average Bonchev–Trinajstić information content (AvgIpc) is 2.30. The van der Waals surface area contributed by atoms with Crippen LogP contribution in [0.1, 0.15) is 19.3 Å². The molecule has 0 saturated carbocycles. The SMILES string of the molecule is C=C(I)C1CCCCN1c1ccccc1. The van der Waals surface area contributed by atoms with Crippen LogP contribution in [0.25, 0.3) is 0 Å². The normalized spacial score (nSPS) is 21.4. The van der Waals surface area contributed by atoms with Crippen LogP contribution in [0.15, 0.2) is 40.5 Å². The minimum absolute atomic E-state index is 0.529. The Hall–Kier alpha value is -0.510. The average molecular weight is 313 g/mol. The van der Waals surface area contributed by atoms with Crippen LogP contribution < -0.4 is 4.90 Å². The molecule has 1 nitrogen and oxygen atoms in total. The van der Waals surface area contributed by atoms with Crippen LogP contribution in [0.3, 0.4) is 0 Å². The number of hydrogen-bond acceptors (Lipinski definition) is 1. The summed E-state index contributed by atoms with van der Waals surface area (Å²) in [5, 5.41) is 0. The lowest BCUT2D eigenvalue weighted by molar-refractivity contribution is 0.513. The van der Waals surface area contributed by atoms with Gasteiger partial charge in [0.05, 0.1) is 6.04 Å². The van der Waals surface area contributed by atoms with E-state index in [0.29, 0.717) is 6.04 Å². The molecule has 1 fully saturated rings. The van der Waals surface area contributed by atoms with Crippen molar-refractivity contribution in [1.29, 1.82) is 0 Å². The minimum Gasteiger partial charge on any atom is -0.364 e. The van der Waals surface area contributed by atoms with E-state index >= 15 is 0 Å². The fourth-order valence-corrected chi connectivity index (χ4v) is 2.83. The van der Waals surface area contributed by atoms with Crippen molar-refractivity contribution in [3.8, 4) is 0 Å². The van der Waals surface area contributed by atoms with Gasteiger partial charge >= 0.3 is 0 Å². The van der Waals surface area contributed by atoms with Gasteiger partial charge in [0.15, 0.2) is 0 Å². The summed E-state index contributed by atoms with van der Waals surface area (Å²) in [5.41, 5.74) is 1.33. The van der Waals surface area contributed by atoms with Gasteiger partial charge in [0.1, 0.15) is 0 Å². The molecule has 0 aliphatic carbocycles. The van der Waals surface area contributed by atoms with Crippen molar-refractivity contribution in [1.82, 2.24) is 0 Å². The van der Waals surface area contributed by atoms with E-state index in [1.54, 1.807) is 0 Å². The highest BCUT2D eigenvalue weighted by molar-refractivity contribution is 14.1. The van der Waals surface area contributed by atoms with E-state index < -0.39 is 0 Å². The maximum absolute atomic E-state index is 4.10. The van der Waals surface area contributed by atoms with Crippen LogP contribution in [-0.2, 0) is 0 Å². The van der Waals surface area contributed by atoms with Crippen molar-refractivity contribution in [2.24, 2.45) is 0 Å². The predicted octanol–water partition coefficient (Wildman–Crippen LogP) is 3.99. The molecule has 80 valence electrons. The second kappa shape index (κ2) is 5.01. The van der Waals surface area contributed by atoms with Gasteiger partial charge in [-0.15, -0.1) is 0 Å². The van der Waals surface area contributed by atoms with Crippen molar-refractivity contribution in [3.05, 3.63) is 40.5 Å². The first-order chi connectivity index (χ1) is 7.29. The van der Waals surface area contributed by atoms with Gasteiger partial charge in [0.2, 0.25) is 0 Å². The molecule has 1 saturated heterocycles. The summed E-state index contributed by atoms with van der Waals surface area (Å²) in [4.78, 5) is 2.48. The first-order valence-corrected chi connectivity index (χ1v) is 6.53. The number of para-hydroxylation sites is 1. The Morgan fingerprint density at radius 2 is 2.00 bits per heavy atom. The Kier molecular flexibility index (Phi) is 3.67. The van der Waals surface area contributed by atoms with E-state index in [9.17, 15) is 0 Å². The number of rotatable bonds is 2. The number of benzene rings is 1. The number of anilines is 1. The van der Waals surface area contributed by atoms with Crippen LogP contribution in [0.5, 0.6) is 0 Å². The maximum Gasteiger partial charge on any atom is 0.0593 e. The van der Waals surface area contributed by atoms with Gasteiger partial charge in [0, 0.05) is 15.8 Å². The van der Waals surface area contributed by atoms with Crippen molar-refractivity contribution in [2.45, 2.75) is 25.3 Å². The van der Waals surface area contributed by atoms with Gasteiger partial charge in [-0.3, -0.25) is 0 Å². The molecule has 0 N–H and O–H groups in total. The minimum atomic E-state index is 0.529. The van der Waals surface area contributed by atoms with E-state index in [0.717, 1.165) is 6.54 Å². The fraction of sp³-hybridized carbons (Fsp3) is 0.385. The molecular weight excluding hydrogens is 297 g/mol. The quantitative estimate of drug-likeness (QED) is 0.746. The molecule has 2 heteroatoms. The summed E-state index contributed by atoms with van der Waals surface area (Å²) in [6.07, 6.45) is 3.88. The third-order valence-corrected chi connectivity index (χ3v) is 3.67. The zero-order chi connectivity index (χ0) is 10.7. The van der Waals surface area contributed by atoms with Gasteiger partial charge in [-0.25, -0.2) is 0 Å². The summed E-state index contributed by atoms with van der Waals surface area (Å²) in [6, 6.07) is 11.2. The van der Waals surface area contributed by atoms with Crippen molar-refractivity contribution in [3.63, 3.8) is 0 Å². The van der Waals surface area contributed by atoms with Crippen LogP contribution >= 0.6 is 22.6 Å². The van der Waals surface area contributed by atoms with Gasteiger partial charge < -0.3 is 4.90 Å². The van der Waals surface area contributed by atoms with Gasteiger partial charge in [-0.05, 0) is 54.0 Å².